The number of carbonyl (C=O) groups excluding carboxylic acids is 1. The highest BCUT2D eigenvalue weighted by Crippen LogP contribution is 2.33. The maximum absolute atomic E-state index is 13.2. The van der Waals surface area contributed by atoms with Crippen molar-refractivity contribution in [1.82, 2.24) is 10.6 Å². The van der Waals surface area contributed by atoms with Crippen LogP contribution < -0.4 is 30.2 Å². The molecule has 0 saturated heterocycles. The summed E-state index contributed by atoms with van der Waals surface area (Å²) in [5.41, 5.74) is 1.74. The summed E-state index contributed by atoms with van der Waals surface area (Å²) in [6.45, 7) is 1.68. The van der Waals surface area contributed by atoms with Gasteiger partial charge in [0.25, 0.3) is 5.91 Å². The molecule has 0 aromatic heterocycles. The Morgan fingerprint density at radius 1 is 1.06 bits per heavy atom. The SMILES string of the molecule is COc1ccc(NC(=O)C2=C(C)NC(=S)NC2c2ccc(OC(F)(F)F)cc2)c(OC)c1. The van der Waals surface area contributed by atoms with Gasteiger partial charge in [-0.1, -0.05) is 12.1 Å². The Morgan fingerprint density at radius 3 is 2.31 bits per heavy atom. The number of rotatable bonds is 6. The van der Waals surface area contributed by atoms with Gasteiger partial charge in [0.2, 0.25) is 0 Å². The molecule has 2 aromatic rings. The second kappa shape index (κ2) is 9.35. The van der Waals surface area contributed by atoms with E-state index in [1.165, 1.54) is 38.5 Å². The Balaban J connectivity index is 1.90. The average Bonchev–Trinajstić information content (AvgIpc) is 2.72. The van der Waals surface area contributed by atoms with E-state index in [0.29, 0.717) is 34.0 Å². The first-order valence-corrected chi connectivity index (χ1v) is 9.69. The summed E-state index contributed by atoms with van der Waals surface area (Å²) in [4.78, 5) is 13.2. The summed E-state index contributed by atoms with van der Waals surface area (Å²) in [6, 6.07) is 9.44. The summed E-state index contributed by atoms with van der Waals surface area (Å²) in [6.07, 6.45) is -4.80. The molecule has 11 heteroatoms. The fourth-order valence-corrected chi connectivity index (χ4v) is 3.47. The van der Waals surface area contributed by atoms with Crippen molar-refractivity contribution in [1.29, 1.82) is 0 Å². The summed E-state index contributed by atoms with van der Waals surface area (Å²) < 4.78 is 51.7. The van der Waals surface area contributed by atoms with Crippen LogP contribution in [0.25, 0.3) is 0 Å². The Kier molecular flexibility index (Phi) is 6.78. The number of anilines is 1. The molecule has 1 aliphatic rings. The number of alkyl halides is 3. The van der Waals surface area contributed by atoms with Gasteiger partial charge < -0.3 is 30.2 Å². The number of carbonyl (C=O) groups is 1. The number of allylic oxidation sites excluding steroid dienone is 1. The fourth-order valence-electron chi connectivity index (χ4n) is 3.20. The second-order valence-corrected chi connectivity index (χ2v) is 7.12. The van der Waals surface area contributed by atoms with Crippen LogP contribution in [0.5, 0.6) is 17.2 Å². The highest BCUT2D eigenvalue weighted by Gasteiger charge is 2.32. The van der Waals surface area contributed by atoms with Crippen molar-refractivity contribution in [3.8, 4) is 17.2 Å². The number of ether oxygens (including phenoxy) is 3. The molecule has 1 heterocycles. The zero-order valence-corrected chi connectivity index (χ0v) is 18.1. The molecule has 0 aliphatic carbocycles. The first-order valence-electron chi connectivity index (χ1n) is 9.28. The van der Waals surface area contributed by atoms with Gasteiger partial charge in [-0.3, -0.25) is 4.79 Å². The zero-order chi connectivity index (χ0) is 23.5. The molecule has 0 fully saturated rings. The highest BCUT2D eigenvalue weighted by atomic mass is 32.1. The van der Waals surface area contributed by atoms with Crippen LogP contribution in [-0.4, -0.2) is 31.6 Å². The summed E-state index contributed by atoms with van der Waals surface area (Å²) in [5.74, 6) is 0.135. The monoisotopic (exact) mass is 467 g/mol. The third-order valence-corrected chi connectivity index (χ3v) is 4.84. The molecule has 3 N–H and O–H groups in total. The Bertz CT molecular complexity index is 1060. The molecule has 170 valence electrons. The molecule has 1 aliphatic heterocycles. The molecular formula is C21H20F3N3O4S. The number of methoxy groups -OCH3 is 2. The van der Waals surface area contributed by atoms with Gasteiger partial charge in [-0.25, -0.2) is 0 Å². The van der Waals surface area contributed by atoms with Gasteiger partial charge in [0.05, 0.1) is 31.5 Å². The lowest BCUT2D eigenvalue weighted by Crippen LogP contribution is -2.45. The molecule has 0 saturated carbocycles. The number of halogens is 3. The van der Waals surface area contributed by atoms with Crippen LogP contribution in [-0.2, 0) is 4.79 Å². The molecule has 1 amide bonds. The number of hydrogen-bond acceptors (Lipinski definition) is 5. The standard InChI is InChI=1S/C21H20F3N3O4S/c1-11-17(19(28)26-15-9-8-14(29-2)10-16(15)30-3)18(27-20(32)25-11)12-4-6-13(7-5-12)31-21(22,23)24/h4-10,18H,1-3H3,(H,26,28)(H2,25,27,32). The maximum Gasteiger partial charge on any atom is 0.573 e. The first-order chi connectivity index (χ1) is 15.1. The molecule has 1 unspecified atom stereocenters. The summed E-state index contributed by atoms with van der Waals surface area (Å²) in [5, 5.41) is 8.96. The summed E-state index contributed by atoms with van der Waals surface area (Å²) >= 11 is 5.20. The molecule has 3 rings (SSSR count). The lowest BCUT2D eigenvalue weighted by Gasteiger charge is -2.30. The van der Waals surface area contributed by atoms with Gasteiger partial charge in [0.15, 0.2) is 5.11 Å². The minimum Gasteiger partial charge on any atom is -0.497 e. The average molecular weight is 467 g/mol. The van der Waals surface area contributed by atoms with E-state index in [2.05, 4.69) is 20.7 Å². The van der Waals surface area contributed by atoms with Crippen LogP contribution in [0, 0.1) is 0 Å². The highest BCUT2D eigenvalue weighted by molar-refractivity contribution is 7.80. The predicted octanol–water partition coefficient (Wildman–Crippen LogP) is 4.03. The van der Waals surface area contributed by atoms with E-state index in [1.54, 1.807) is 25.1 Å². The summed E-state index contributed by atoms with van der Waals surface area (Å²) in [7, 11) is 2.98. The number of nitrogens with one attached hydrogen (secondary N) is 3. The number of amides is 1. The van der Waals surface area contributed by atoms with E-state index in [1.807, 2.05) is 0 Å². The molecule has 32 heavy (non-hydrogen) atoms. The first kappa shape index (κ1) is 23.2. The number of benzene rings is 2. The van der Waals surface area contributed by atoms with Crippen molar-refractivity contribution in [2.24, 2.45) is 0 Å². The van der Waals surface area contributed by atoms with E-state index in [9.17, 15) is 18.0 Å². The van der Waals surface area contributed by atoms with Crippen LogP contribution in [0.3, 0.4) is 0 Å². The molecular weight excluding hydrogens is 447 g/mol. The minimum atomic E-state index is -4.80. The van der Waals surface area contributed by atoms with Crippen LogP contribution in [0.1, 0.15) is 18.5 Å². The maximum atomic E-state index is 13.2. The molecule has 1 atom stereocenters. The lowest BCUT2D eigenvalue weighted by molar-refractivity contribution is -0.274. The van der Waals surface area contributed by atoms with Gasteiger partial charge in [-0.15, -0.1) is 13.2 Å². The van der Waals surface area contributed by atoms with Crippen molar-refractivity contribution in [2.75, 3.05) is 19.5 Å². The zero-order valence-electron chi connectivity index (χ0n) is 17.3. The number of hydrogen-bond donors (Lipinski definition) is 3. The Hall–Kier alpha value is -3.47. The van der Waals surface area contributed by atoms with E-state index < -0.39 is 18.3 Å². The molecule has 2 aromatic carbocycles. The van der Waals surface area contributed by atoms with Crippen molar-refractivity contribution in [3.05, 3.63) is 59.3 Å². The Morgan fingerprint density at radius 2 is 1.72 bits per heavy atom. The van der Waals surface area contributed by atoms with E-state index >= 15 is 0 Å². The van der Waals surface area contributed by atoms with Gasteiger partial charge in [0, 0.05) is 11.8 Å². The fraction of sp³-hybridized carbons (Fsp3) is 0.238. The second-order valence-electron chi connectivity index (χ2n) is 6.71. The van der Waals surface area contributed by atoms with Crippen LogP contribution in [0.4, 0.5) is 18.9 Å². The van der Waals surface area contributed by atoms with Crippen molar-refractivity contribution >= 4 is 28.9 Å². The third kappa shape index (κ3) is 5.41. The quantitative estimate of drug-likeness (QED) is 0.554. The van der Waals surface area contributed by atoms with Gasteiger partial charge in [-0.05, 0) is 49.0 Å². The lowest BCUT2D eigenvalue weighted by atomic mass is 9.95. The van der Waals surface area contributed by atoms with E-state index in [0.717, 1.165) is 0 Å². The largest absolute Gasteiger partial charge is 0.573 e. The smallest absolute Gasteiger partial charge is 0.497 e. The molecule has 0 spiro atoms. The van der Waals surface area contributed by atoms with Gasteiger partial charge >= 0.3 is 6.36 Å². The molecule has 0 bridgehead atoms. The van der Waals surface area contributed by atoms with E-state index in [4.69, 9.17) is 21.7 Å². The third-order valence-electron chi connectivity index (χ3n) is 4.62. The van der Waals surface area contributed by atoms with Crippen LogP contribution >= 0.6 is 12.2 Å². The molecule has 0 radical (unpaired) electrons. The minimum absolute atomic E-state index is 0.279. The van der Waals surface area contributed by atoms with Crippen LogP contribution in [0.15, 0.2) is 53.7 Å². The van der Waals surface area contributed by atoms with Gasteiger partial charge in [0.1, 0.15) is 17.2 Å². The topological polar surface area (TPSA) is 80.9 Å². The van der Waals surface area contributed by atoms with Crippen molar-refractivity contribution in [3.63, 3.8) is 0 Å². The van der Waals surface area contributed by atoms with Crippen LogP contribution in [0.2, 0.25) is 0 Å². The molecule has 7 nitrogen and oxygen atoms in total. The normalized spacial score (nSPS) is 16.1. The Labute approximate surface area is 187 Å². The van der Waals surface area contributed by atoms with Gasteiger partial charge in [-0.2, -0.15) is 0 Å². The van der Waals surface area contributed by atoms with E-state index in [-0.39, 0.29) is 10.9 Å². The predicted molar refractivity (Wildman–Crippen MR) is 116 cm³/mol. The number of thiocarbonyl (C=S) groups is 1. The van der Waals surface area contributed by atoms with Crippen molar-refractivity contribution in [2.45, 2.75) is 19.3 Å². The van der Waals surface area contributed by atoms with Crippen molar-refractivity contribution < 1.29 is 32.2 Å².